The van der Waals surface area contributed by atoms with Crippen LogP contribution in [0.4, 0.5) is 0 Å². The van der Waals surface area contributed by atoms with E-state index in [1.807, 2.05) is 0 Å². The zero-order valence-electron chi connectivity index (χ0n) is 7.45. The van der Waals surface area contributed by atoms with Gasteiger partial charge in [0.15, 0.2) is 0 Å². The topological polar surface area (TPSA) is 58.2 Å². The molecule has 0 aromatic carbocycles. The Bertz CT molecular complexity index is 380. The molecule has 70 valence electrons. The van der Waals surface area contributed by atoms with Crippen LogP contribution >= 0.6 is 0 Å². The van der Waals surface area contributed by atoms with E-state index in [4.69, 9.17) is 10.1 Å². The van der Waals surface area contributed by atoms with Gasteiger partial charge in [0.1, 0.15) is 6.10 Å². The molecule has 0 amide bonds. The normalized spacial score (nSPS) is 15.8. The van der Waals surface area contributed by atoms with E-state index >= 15 is 0 Å². The van der Waals surface area contributed by atoms with Gasteiger partial charge < -0.3 is 15.4 Å². The fraction of sp³-hybridized carbons (Fsp3) is 0.444. The summed E-state index contributed by atoms with van der Waals surface area (Å²) in [5.41, 5.74) is 0.678. The van der Waals surface area contributed by atoms with Crippen molar-refractivity contribution < 1.29 is 9.94 Å². The summed E-state index contributed by atoms with van der Waals surface area (Å²) in [7, 11) is 0. The second-order valence-corrected chi connectivity index (χ2v) is 3.32. The molecule has 4 heteroatoms. The summed E-state index contributed by atoms with van der Waals surface area (Å²) in [4.78, 5) is 0. The first kappa shape index (κ1) is 8.16. The minimum atomic E-state index is 0.235. The fourth-order valence-electron chi connectivity index (χ4n) is 1.11. The van der Waals surface area contributed by atoms with Crippen molar-refractivity contribution in [1.82, 2.24) is 4.73 Å². The van der Waals surface area contributed by atoms with Crippen LogP contribution in [0.1, 0.15) is 18.4 Å². The van der Waals surface area contributed by atoms with Crippen LogP contribution in [0, 0.1) is 12.3 Å². The van der Waals surface area contributed by atoms with Crippen molar-refractivity contribution in [2.45, 2.75) is 25.9 Å². The van der Waals surface area contributed by atoms with Crippen LogP contribution in [0.3, 0.4) is 0 Å². The molecule has 1 aliphatic rings. The first-order valence-electron chi connectivity index (χ1n) is 4.31. The van der Waals surface area contributed by atoms with Crippen LogP contribution in [-0.4, -0.2) is 16.0 Å². The Morgan fingerprint density at radius 1 is 1.62 bits per heavy atom. The first-order valence-corrected chi connectivity index (χ1v) is 4.31. The Hall–Kier alpha value is -1.45. The predicted octanol–water partition coefficient (Wildman–Crippen LogP) is 1.05. The number of pyridine rings is 1. The third kappa shape index (κ3) is 1.52. The minimum Gasteiger partial charge on any atom is -0.473 e. The SMILES string of the molecule is Cc1c(OC2CC2)n(O)ccc1=N. The van der Waals surface area contributed by atoms with Gasteiger partial charge in [0.05, 0.1) is 5.36 Å². The Morgan fingerprint density at radius 3 is 2.92 bits per heavy atom. The second kappa shape index (κ2) is 2.80. The molecule has 0 bridgehead atoms. The average Bonchev–Trinajstić information content (AvgIpc) is 2.89. The molecule has 1 heterocycles. The molecule has 1 fully saturated rings. The summed E-state index contributed by atoms with van der Waals surface area (Å²) in [6, 6.07) is 1.54. The molecular weight excluding hydrogens is 168 g/mol. The van der Waals surface area contributed by atoms with E-state index < -0.39 is 0 Å². The van der Waals surface area contributed by atoms with Crippen molar-refractivity contribution in [2.24, 2.45) is 0 Å². The van der Waals surface area contributed by atoms with Crippen molar-refractivity contribution in [1.29, 1.82) is 5.41 Å². The number of hydrogen-bond donors (Lipinski definition) is 2. The number of ether oxygens (including phenoxy) is 1. The Labute approximate surface area is 75.9 Å². The summed E-state index contributed by atoms with van der Waals surface area (Å²) in [6.07, 6.45) is 3.75. The highest BCUT2D eigenvalue weighted by molar-refractivity contribution is 5.24. The van der Waals surface area contributed by atoms with Gasteiger partial charge in [-0.05, 0) is 25.8 Å². The lowest BCUT2D eigenvalue weighted by atomic mass is 10.3. The Kier molecular flexibility index (Phi) is 1.76. The lowest BCUT2D eigenvalue weighted by molar-refractivity contribution is 0.131. The highest BCUT2D eigenvalue weighted by atomic mass is 16.6. The maximum absolute atomic E-state index is 9.40. The molecule has 0 saturated heterocycles. The quantitative estimate of drug-likeness (QED) is 0.668. The lowest BCUT2D eigenvalue weighted by Crippen LogP contribution is -2.14. The van der Waals surface area contributed by atoms with E-state index in [9.17, 15) is 5.21 Å². The predicted molar refractivity (Wildman–Crippen MR) is 45.9 cm³/mol. The molecule has 0 aliphatic heterocycles. The van der Waals surface area contributed by atoms with Gasteiger partial charge in [-0.25, -0.2) is 0 Å². The molecule has 4 nitrogen and oxygen atoms in total. The van der Waals surface area contributed by atoms with Gasteiger partial charge in [-0.3, -0.25) is 0 Å². The van der Waals surface area contributed by atoms with E-state index in [0.29, 0.717) is 16.8 Å². The van der Waals surface area contributed by atoms with Gasteiger partial charge in [-0.2, -0.15) is 4.73 Å². The van der Waals surface area contributed by atoms with Crippen LogP contribution in [0.15, 0.2) is 12.3 Å². The molecule has 13 heavy (non-hydrogen) atoms. The van der Waals surface area contributed by atoms with Gasteiger partial charge in [-0.1, -0.05) is 0 Å². The van der Waals surface area contributed by atoms with E-state index in [2.05, 4.69) is 0 Å². The lowest BCUT2D eigenvalue weighted by Gasteiger charge is -2.10. The average molecular weight is 180 g/mol. The molecule has 2 rings (SSSR count). The van der Waals surface area contributed by atoms with Gasteiger partial charge in [0.25, 0.3) is 0 Å². The molecule has 1 aliphatic carbocycles. The van der Waals surface area contributed by atoms with Crippen LogP contribution in [0.2, 0.25) is 0 Å². The first-order chi connectivity index (χ1) is 6.18. The van der Waals surface area contributed by atoms with Crippen LogP contribution in [0.25, 0.3) is 0 Å². The van der Waals surface area contributed by atoms with Crippen molar-refractivity contribution in [3.05, 3.63) is 23.2 Å². The van der Waals surface area contributed by atoms with Crippen LogP contribution in [-0.2, 0) is 0 Å². The number of nitrogens with one attached hydrogen (secondary N) is 1. The third-order valence-electron chi connectivity index (χ3n) is 2.12. The summed E-state index contributed by atoms with van der Waals surface area (Å²) in [6.45, 7) is 1.77. The minimum absolute atomic E-state index is 0.235. The van der Waals surface area contributed by atoms with E-state index in [1.165, 1.54) is 12.3 Å². The zero-order valence-corrected chi connectivity index (χ0v) is 7.45. The summed E-state index contributed by atoms with van der Waals surface area (Å²) in [5.74, 6) is 0.398. The summed E-state index contributed by atoms with van der Waals surface area (Å²) in [5, 5.41) is 17.3. The Morgan fingerprint density at radius 2 is 2.31 bits per heavy atom. The van der Waals surface area contributed by atoms with Gasteiger partial charge in [0.2, 0.25) is 5.88 Å². The summed E-state index contributed by atoms with van der Waals surface area (Å²) >= 11 is 0. The maximum atomic E-state index is 9.40. The van der Waals surface area contributed by atoms with Crippen LogP contribution < -0.4 is 10.1 Å². The standard InChI is InChI=1S/C9H12N2O2/c1-6-8(10)4-5-11(12)9(6)13-7-2-3-7/h4-5,7,10,12H,2-3H2,1H3. The highest BCUT2D eigenvalue weighted by Crippen LogP contribution is 2.26. The maximum Gasteiger partial charge on any atom is 0.232 e. The number of rotatable bonds is 2. The molecule has 0 atom stereocenters. The second-order valence-electron chi connectivity index (χ2n) is 3.32. The molecule has 1 saturated carbocycles. The van der Waals surface area contributed by atoms with E-state index in [1.54, 1.807) is 6.92 Å². The summed E-state index contributed by atoms with van der Waals surface area (Å²) < 4.78 is 6.40. The van der Waals surface area contributed by atoms with Gasteiger partial charge in [0, 0.05) is 11.8 Å². The number of hydrogen-bond acceptors (Lipinski definition) is 3. The van der Waals surface area contributed by atoms with Crippen LogP contribution in [0.5, 0.6) is 5.88 Å². The Balaban J connectivity index is 2.39. The van der Waals surface area contributed by atoms with Crippen molar-refractivity contribution in [3.8, 4) is 5.88 Å². The largest absolute Gasteiger partial charge is 0.473 e. The molecule has 0 unspecified atom stereocenters. The highest BCUT2D eigenvalue weighted by Gasteiger charge is 2.25. The molecular formula is C9H12N2O2. The molecule has 0 spiro atoms. The molecule has 2 N–H and O–H groups in total. The zero-order chi connectivity index (χ0) is 9.42. The van der Waals surface area contributed by atoms with Gasteiger partial charge >= 0.3 is 0 Å². The smallest absolute Gasteiger partial charge is 0.232 e. The molecule has 0 radical (unpaired) electrons. The monoisotopic (exact) mass is 180 g/mol. The van der Waals surface area contributed by atoms with E-state index in [0.717, 1.165) is 17.6 Å². The van der Waals surface area contributed by atoms with Gasteiger partial charge in [-0.15, -0.1) is 0 Å². The van der Waals surface area contributed by atoms with Crippen molar-refractivity contribution in [3.63, 3.8) is 0 Å². The van der Waals surface area contributed by atoms with Crippen molar-refractivity contribution in [2.75, 3.05) is 0 Å². The number of nitrogens with zero attached hydrogens (tertiary/aromatic N) is 1. The third-order valence-corrected chi connectivity index (χ3v) is 2.12. The fourth-order valence-corrected chi connectivity index (χ4v) is 1.11. The molecule has 1 aromatic rings. The molecule has 1 aromatic heterocycles. The van der Waals surface area contributed by atoms with E-state index in [-0.39, 0.29) is 6.10 Å². The number of aromatic nitrogens is 1. The van der Waals surface area contributed by atoms with Crippen molar-refractivity contribution >= 4 is 0 Å².